The molecule has 112 valence electrons. The number of rotatable bonds is 6. The van der Waals surface area contributed by atoms with E-state index >= 15 is 0 Å². The van der Waals surface area contributed by atoms with Crippen molar-refractivity contribution in [2.75, 3.05) is 11.6 Å². The van der Waals surface area contributed by atoms with Crippen LogP contribution in [0.4, 0.5) is 11.4 Å². The largest absolute Gasteiger partial charge is 0.463 e. The molecule has 0 amide bonds. The third-order valence-electron chi connectivity index (χ3n) is 3.20. The number of nitro groups is 1. The molecule has 0 spiro atoms. The van der Waals surface area contributed by atoms with Gasteiger partial charge < -0.3 is 9.73 Å². The van der Waals surface area contributed by atoms with Gasteiger partial charge in [-0.3, -0.25) is 10.1 Å². The Balaban J connectivity index is 2.09. The Kier molecular flexibility index (Phi) is 4.90. The predicted molar refractivity (Wildman–Crippen MR) is 85.8 cm³/mol. The standard InChI is InChI=1S/C15H18N2O3S/c1-10-7-15(17(18)19)11(2)6-14(10)16-8-12-4-5-13(20-12)9-21-3/h4-7,16H,8-9H2,1-3H3. The maximum absolute atomic E-state index is 10.9. The molecular formula is C15H18N2O3S. The van der Waals surface area contributed by atoms with Crippen LogP contribution >= 0.6 is 11.8 Å². The van der Waals surface area contributed by atoms with Crippen LogP contribution in [0, 0.1) is 24.0 Å². The van der Waals surface area contributed by atoms with Gasteiger partial charge >= 0.3 is 0 Å². The first kappa shape index (κ1) is 15.4. The zero-order chi connectivity index (χ0) is 15.4. The molecule has 0 atom stereocenters. The van der Waals surface area contributed by atoms with Crippen LogP contribution in [0.1, 0.15) is 22.6 Å². The maximum Gasteiger partial charge on any atom is 0.272 e. The van der Waals surface area contributed by atoms with Crippen LogP contribution in [0.25, 0.3) is 0 Å². The number of benzene rings is 1. The van der Waals surface area contributed by atoms with Crippen LogP contribution in [0.3, 0.4) is 0 Å². The van der Waals surface area contributed by atoms with Gasteiger partial charge in [0.05, 0.1) is 17.2 Å². The molecule has 1 aromatic carbocycles. The number of nitrogens with zero attached hydrogens (tertiary/aromatic N) is 1. The summed E-state index contributed by atoms with van der Waals surface area (Å²) in [6, 6.07) is 7.33. The number of nitrogens with one attached hydrogen (secondary N) is 1. The summed E-state index contributed by atoms with van der Waals surface area (Å²) in [4.78, 5) is 10.5. The highest BCUT2D eigenvalue weighted by atomic mass is 32.2. The third kappa shape index (κ3) is 3.78. The number of thioether (sulfide) groups is 1. The van der Waals surface area contributed by atoms with Crippen molar-refractivity contribution in [3.8, 4) is 0 Å². The molecule has 1 heterocycles. The molecule has 1 N–H and O–H groups in total. The molecule has 0 radical (unpaired) electrons. The molecule has 0 saturated heterocycles. The number of aryl methyl sites for hydroxylation is 2. The first-order valence-electron chi connectivity index (χ1n) is 6.57. The van der Waals surface area contributed by atoms with Crippen LogP contribution in [0.2, 0.25) is 0 Å². The molecule has 0 fully saturated rings. The highest BCUT2D eigenvalue weighted by Gasteiger charge is 2.13. The smallest absolute Gasteiger partial charge is 0.272 e. The van der Waals surface area contributed by atoms with Crippen molar-refractivity contribution in [3.63, 3.8) is 0 Å². The van der Waals surface area contributed by atoms with E-state index in [4.69, 9.17) is 4.42 Å². The number of anilines is 1. The van der Waals surface area contributed by atoms with E-state index in [-0.39, 0.29) is 10.6 Å². The molecular weight excluding hydrogens is 288 g/mol. The summed E-state index contributed by atoms with van der Waals surface area (Å²) < 4.78 is 5.69. The van der Waals surface area contributed by atoms with Crippen LogP contribution in [0.15, 0.2) is 28.7 Å². The first-order valence-corrected chi connectivity index (χ1v) is 7.96. The van der Waals surface area contributed by atoms with E-state index in [1.807, 2.05) is 25.3 Å². The number of furan rings is 1. The number of nitro benzene ring substituents is 1. The maximum atomic E-state index is 10.9. The molecule has 0 aliphatic heterocycles. The van der Waals surface area contributed by atoms with E-state index in [9.17, 15) is 10.1 Å². The van der Waals surface area contributed by atoms with Crippen LogP contribution in [0.5, 0.6) is 0 Å². The lowest BCUT2D eigenvalue weighted by atomic mass is 10.1. The van der Waals surface area contributed by atoms with E-state index in [2.05, 4.69) is 5.32 Å². The van der Waals surface area contributed by atoms with Gasteiger partial charge in [-0.05, 0) is 43.9 Å². The van der Waals surface area contributed by atoms with Gasteiger partial charge in [0.2, 0.25) is 0 Å². The molecule has 6 heteroatoms. The minimum Gasteiger partial charge on any atom is -0.463 e. The van der Waals surface area contributed by atoms with Crippen molar-refractivity contribution in [1.29, 1.82) is 0 Å². The Hall–Kier alpha value is -1.95. The van der Waals surface area contributed by atoms with Gasteiger partial charge in [-0.2, -0.15) is 11.8 Å². The molecule has 5 nitrogen and oxygen atoms in total. The van der Waals surface area contributed by atoms with E-state index in [1.54, 1.807) is 30.8 Å². The Bertz CT molecular complexity index is 652. The van der Waals surface area contributed by atoms with Crippen LogP contribution < -0.4 is 5.32 Å². The predicted octanol–water partition coefficient (Wildman–Crippen LogP) is 4.28. The number of hydrogen-bond donors (Lipinski definition) is 1. The van der Waals surface area contributed by atoms with Crippen molar-refractivity contribution in [3.05, 3.63) is 57.0 Å². The summed E-state index contributed by atoms with van der Waals surface area (Å²) in [6.45, 7) is 4.16. The summed E-state index contributed by atoms with van der Waals surface area (Å²) >= 11 is 1.71. The second kappa shape index (κ2) is 6.67. The van der Waals surface area contributed by atoms with Crippen LogP contribution in [-0.4, -0.2) is 11.2 Å². The zero-order valence-corrected chi connectivity index (χ0v) is 13.1. The lowest BCUT2D eigenvalue weighted by Gasteiger charge is -2.09. The summed E-state index contributed by atoms with van der Waals surface area (Å²) in [5, 5.41) is 14.2. The minimum absolute atomic E-state index is 0.151. The van der Waals surface area contributed by atoms with E-state index in [0.717, 1.165) is 28.5 Å². The van der Waals surface area contributed by atoms with Crippen molar-refractivity contribution in [2.24, 2.45) is 0 Å². The lowest BCUT2D eigenvalue weighted by Crippen LogP contribution is -2.02. The van der Waals surface area contributed by atoms with Gasteiger partial charge in [0.1, 0.15) is 11.5 Å². The molecule has 0 unspecified atom stereocenters. The normalized spacial score (nSPS) is 10.6. The Labute approximate surface area is 127 Å². The fourth-order valence-corrected chi connectivity index (χ4v) is 2.55. The Morgan fingerprint density at radius 1 is 1.24 bits per heavy atom. The summed E-state index contributed by atoms with van der Waals surface area (Å²) in [5.41, 5.74) is 2.54. The van der Waals surface area contributed by atoms with Crippen molar-refractivity contribution >= 4 is 23.1 Å². The first-order chi connectivity index (χ1) is 10.0. The molecule has 0 aliphatic rings. The SMILES string of the molecule is CSCc1ccc(CNc2cc(C)c([N+](=O)[O-])cc2C)o1. The van der Waals surface area contributed by atoms with Crippen molar-refractivity contribution < 1.29 is 9.34 Å². The van der Waals surface area contributed by atoms with Gasteiger partial charge in [0.25, 0.3) is 5.69 Å². The summed E-state index contributed by atoms with van der Waals surface area (Å²) in [6.07, 6.45) is 2.03. The fraction of sp³-hybridized carbons (Fsp3) is 0.333. The third-order valence-corrected chi connectivity index (χ3v) is 3.77. The van der Waals surface area contributed by atoms with Gasteiger partial charge in [0.15, 0.2) is 0 Å². The minimum atomic E-state index is -0.354. The van der Waals surface area contributed by atoms with Gasteiger partial charge in [-0.15, -0.1) is 0 Å². The number of hydrogen-bond acceptors (Lipinski definition) is 5. The van der Waals surface area contributed by atoms with E-state index in [0.29, 0.717) is 12.1 Å². The topological polar surface area (TPSA) is 68.3 Å². The summed E-state index contributed by atoms with van der Waals surface area (Å²) in [5.74, 6) is 2.67. The monoisotopic (exact) mass is 306 g/mol. The molecule has 2 aromatic rings. The molecule has 2 rings (SSSR count). The second-order valence-corrected chi connectivity index (χ2v) is 5.73. The van der Waals surface area contributed by atoms with Gasteiger partial charge in [0, 0.05) is 17.3 Å². The van der Waals surface area contributed by atoms with E-state index in [1.165, 1.54) is 0 Å². The molecule has 1 aromatic heterocycles. The van der Waals surface area contributed by atoms with Gasteiger partial charge in [-0.1, -0.05) is 0 Å². The van der Waals surface area contributed by atoms with Crippen LogP contribution in [-0.2, 0) is 12.3 Å². The summed E-state index contributed by atoms with van der Waals surface area (Å²) in [7, 11) is 0. The average molecular weight is 306 g/mol. The highest BCUT2D eigenvalue weighted by Crippen LogP contribution is 2.26. The molecule has 0 saturated carbocycles. The van der Waals surface area contributed by atoms with Crippen molar-refractivity contribution in [1.82, 2.24) is 0 Å². The molecule has 0 bridgehead atoms. The lowest BCUT2D eigenvalue weighted by molar-refractivity contribution is -0.385. The Morgan fingerprint density at radius 2 is 1.95 bits per heavy atom. The quantitative estimate of drug-likeness (QED) is 0.637. The molecule has 21 heavy (non-hydrogen) atoms. The fourth-order valence-electron chi connectivity index (χ4n) is 2.11. The zero-order valence-electron chi connectivity index (χ0n) is 12.3. The molecule has 0 aliphatic carbocycles. The second-order valence-electron chi connectivity index (χ2n) is 4.87. The average Bonchev–Trinajstić information content (AvgIpc) is 2.87. The van der Waals surface area contributed by atoms with E-state index < -0.39 is 0 Å². The van der Waals surface area contributed by atoms with Gasteiger partial charge in [-0.25, -0.2) is 0 Å². The Morgan fingerprint density at radius 3 is 2.62 bits per heavy atom. The van der Waals surface area contributed by atoms with Crippen molar-refractivity contribution in [2.45, 2.75) is 26.1 Å². The highest BCUT2D eigenvalue weighted by molar-refractivity contribution is 7.97.